The lowest BCUT2D eigenvalue weighted by Gasteiger charge is -2.00. The van der Waals surface area contributed by atoms with Crippen molar-refractivity contribution in [3.63, 3.8) is 0 Å². The fraction of sp³-hybridized carbons (Fsp3) is 0.0833. The zero-order valence-electron chi connectivity index (χ0n) is 8.79. The minimum Gasteiger partial charge on any atom is -0.453 e. The first-order valence-corrected chi connectivity index (χ1v) is 6.70. The fourth-order valence-electron chi connectivity index (χ4n) is 1.41. The molecule has 0 saturated heterocycles. The van der Waals surface area contributed by atoms with E-state index in [2.05, 4.69) is 31.9 Å². The molecule has 2 aromatic rings. The predicted octanol–water partition coefficient (Wildman–Crippen LogP) is 4.52. The number of carbonyl (C=O) groups excluding carboxylic acids is 1. The maximum Gasteiger partial charge on any atom is 0.222 e. The molecule has 1 heterocycles. The molecule has 0 atom stereocenters. The summed E-state index contributed by atoms with van der Waals surface area (Å²) in [4.78, 5) is 11.6. The number of furan rings is 1. The Kier molecular flexibility index (Phi) is 3.97. The summed E-state index contributed by atoms with van der Waals surface area (Å²) >= 11 is 6.10. The second-order valence-corrected chi connectivity index (χ2v) is 6.51. The second-order valence-electron chi connectivity index (χ2n) is 3.45. The number of benzene rings is 1. The number of alkyl halides is 2. The topological polar surface area (TPSA) is 30.2 Å². The highest BCUT2D eigenvalue weighted by Gasteiger charge is 2.19. The molecule has 18 heavy (non-hydrogen) atoms. The molecule has 0 saturated carbocycles. The van der Waals surface area contributed by atoms with E-state index in [0.29, 0.717) is 0 Å². The highest BCUT2D eigenvalue weighted by atomic mass is 79.9. The first-order chi connectivity index (χ1) is 8.49. The molecular weight excluding hydrogens is 374 g/mol. The largest absolute Gasteiger partial charge is 0.453 e. The van der Waals surface area contributed by atoms with Crippen molar-refractivity contribution < 1.29 is 18.0 Å². The van der Waals surface area contributed by atoms with Crippen LogP contribution in [0, 0.1) is 11.6 Å². The maximum absolute atomic E-state index is 13.5. The summed E-state index contributed by atoms with van der Waals surface area (Å²) in [6, 6.07) is 6.05. The number of halogens is 4. The molecule has 6 heteroatoms. The molecule has 0 amide bonds. The van der Waals surface area contributed by atoms with E-state index in [-0.39, 0.29) is 22.9 Å². The Morgan fingerprint density at radius 3 is 2.50 bits per heavy atom. The van der Waals surface area contributed by atoms with Crippen LogP contribution in [0.4, 0.5) is 8.78 Å². The molecule has 1 aromatic heterocycles. The van der Waals surface area contributed by atoms with Crippen LogP contribution >= 0.6 is 31.9 Å². The van der Waals surface area contributed by atoms with Gasteiger partial charge in [-0.2, -0.15) is 0 Å². The Morgan fingerprint density at radius 2 is 1.89 bits per heavy atom. The summed E-state index contributed by atoms with van der Waals surface area (Å²) in [5.74, 6) is -1.45. The standard InChI is InChI=1S/C12H6Br2F2O2/c13-12(14)11(17)10-4-3-9(18-10)7-2-1-6(15)5-8(7)16/h1-5,12H. The van der Waals surface area contributed by atoms with E-state index < -0.39 is 15.4 Å². The van der Waals surface area contributed by atoms with Gasteiger partial charge in [-0.3, -0.25) is 4.79 Å². The van der Waals surface area contributed by atoms with Gasteiger partial charge in [-0.05, 0) is 24.3 Å². The minimum atomic E-state index is -0.738. The van der Waals surface area contributed by atoms with Crippen molar-refractivity contribution in [2.75, 3.05) is 0 Å². The number of hydrogen-bond donors (Lipinski definition) is 0. The molecule has 0 radical (unpaired) electrons. The predicted molar refractivity (Wildman–Crippen MR) is 70.0 cm³/mol. The second kappa shape index (κ2) is 5.32. The SMILES string of the molecule is O=C(c1ccc(-c2ccc(F)cc2F)o1)C(Br)Br. The van der Waals surface area contributed by atoms with Crippen LogP contribution in [0.5, 0.6) is 0 Å². The quantitative estimate of drug-likeness (QED) is 0.579. The maximum atomic E-state index is 13.5. The number of rotatable bonds is 3. The van der Waals surface area contributed by atoms with Gasteiger partial charge in [0.15, 0.2) is 5.76 Å². The Morgan fingerprint density at radius 1 is 1.17 bits per heavy atom. The molecule has 0 aliphatic rings. The van der Waals surface area contributed by atoms with E-state index in [1.807, 2.05) is 0 Å². The van der Waals surface area contributed by atoms with Crippen LogP contribution in [0.2, 0.25) is 0 Å². The molecule has 0 N–H and O–H groups in total. The van der Waals surface area contributed by atoms with Crippen molar-refractivity contribution in [1.82, 2.24) is 0 Å². The molecule has 0 unspecified atom stereocenters. The monoisotopic (exact) mass is 378 g/mol. The van der Waals surface area contributed by atoms with Crippen molar-refractivity contribution in [2.24, 2.45) is 0 Å². The van der Waals surface area contributed by atoms with Gasteiger partial charge >= 0.3 is 0 Å². The third kappa shape index (κ3) is 2.70. The van der Waals surface area contributed by atoms with Crippen molar-refractivity contribution in [3.8, 4) is 11.3 Å². The number of Topliss-reactive ketones (excluding diaryl/α,β-unsaturated/α-hetero) is 1. The van der Waals surface area contributed by atoms with Crippen LogP contribution in [0.1, 0.15) is 10.6 Å². The van der Waals surface area contributed by atoms with Crippen molar-refractivity contribution in [3.05, 3.63) is 47.7 Å². The van der Waals surface area contributed by atoms with Gasteiger partial charge in [-0.1, -0.05) is 31.9 Å². The van der Waals surface area contributed by atoms with Crippen LogP contribution in [0.15, 0.2) is 34.7 Å². The van der Waals surface area contributed by atoms with Crippen LogP contribution in [-0.4, -0.2) is 9.52 Å². The van der Waals surface area contributed by atoms with Crippen LogP contribution < -0.4 is 0 Å². The van der Waals surface area contributed by atoms with Crippen molar-refractivity contribution >= 4 is 37.6 Å². The normalized spacial score (nSPS) is 10.9. The summed E-state index contributed by atoms with van der Waals surface area (Å²) < 4.78 is 30.9. The van der Waals surface area contributed by atoms with Crippen LogP contribution in [0.3, 0.4) is 0 Å². The van der Waals surface area contributed by atoms with Gasteiger partial charge in [0.2, 0.25) is 5.78 Å². The van der Waals surface area contributed by atoms with Gasteiger partial charge in [0.05, 0.1) is 5.56 Å². The summed E-state index contributed by atoms with van der Waals surface area (Å²) in [6.07, 6.45) is 0. The zero-order chi connectivity index (χ0) is 13.3. The van der Waals surface area contributed by atoms with Gasteiger partial charge in [0, 0.05) is 6.07 Å². The summed E-state index contributed by atoms with van der Waals surface area (Å²) in [7, 11) is 0. The molecule has 1 aromatic carbocycles. The van der Waals surface area contributed by atoms with Gasteiger partial charge in [0.1, 0.15) is 21.1 Å². The minimum absolute atomic E-state index is 0.0903. The third-order valence-electron chi connectivity index (χ3n) is 2.24. The van der Waals surface area contributed by atoms with Crippen LogP contribution in [0.25, 0.3) is 11.3 Å². The summed E-state index contributed by atoms with van der Waals surface area (Å²) in [6.45, 7) is 0. The lowest BCUT2D eigenvalue weighted by Crippen LogP contribution is -2.05. The zero-order valence-corrected chi connectivity index (χ0v) is 12.0. The average molecular weight is 380 g/mol. The van der Waals surface area contributed by atoms with Gasteiger partial charge in [-0.15, -0.1) is 0 Å². The number of ketones is 1. The lowest BCUT2D eigenvalue weighted by atomic mass is 10.1. The van der Waals surface area contributed by atoms with Crippen molar-refractivity contribution in [1.29, 1.82) is 0 Å². The summed E-state index contributed by atoms with van der Waals surface area (Å²) in [5.41, 5.74) is 0.108. The molecule has 0 bridgehead atoms. The molecule has 0 spiro atoms. The Bertz CT molecular complexity index is 594. The number of carbonyl (C=O) groups is 1. The van der Waals surface area contributed by atoms with E-state index in [9.17, 15) is 13.6 Å². The van der Waals surface area contributed by atoms with E-state index in [1.54, 1.807) is 0 Å². The molecule has 2 rings (SSSR count). The molecule has 0 fully saturated rings. The Labute approximate surface area is 118 Å². The van der Waals surface area contributed by atoms with Gasteiger partial charge in [0.25, 0.3) is 0 Å². The van der Waals surface area contributed by atoms with E-state index in [0.717, 1.165) is 12.1 Å². The summed E-state index contributed by atoms with van der Waals surface area (Å²) in [5, 5.41) is 0. The highest BCUT2D eigenvalue weighted by Crippen LogP contribution is 2.27. The Hall–Kier alpha value is -1.01. The van der Waals surface area contributed by atoms with E-state index in [1.165, 1.54) is 18.2 Å². The van der Waals surface area contributed by atoms with Crippen molar-refractivity contribution in [2.45, 2.75) is 3.74 Å². The molecule has 2 nitrogen and oxygen atoms in total. The highest BCUT2D eigenvalue weighted by molar-refractivity contribution is 9.25. The molecule has 0 aliphatic heterocycles. The van der Waals surface area contributed by atoms with E-state index in [4.69, 9.17) is 4.42 Å². The Balaban J connectivity index is 2.38. The molecule has 0 aliphatic carbocycles. The average Bonchev–Trinajstić information content (AvgIpc) is 2.77. The molecular formula is C12H6Br2F2O2. The lowest BCUT2D eigenvalue weighted by molar-refractivity contribution is 0.0988. The van der Waals surface area contributed by atoms with Crippen LogP contribution in [-0.2, 0) is 0 Å². The smallest absolute Gasteiger partial charge is 0.222 e. The first kappa shape index (κ1) is 13.4. The fourth-order valence-corrected chi connectivity index (χ4v) is 1.86. The van der Waals surface area contributed by atoms with E-state index >= 15 is 0 Å². The molecule has 94 valence electrons. The number of hydrogen-bond acceptors (Lipinski definition) is 2. The van der Waals surface area contributed by atoms with Gasteiger partial charge in [-0.25, -0.2) is 8.78 Å². The third-order valence-corrected chi connectivity index (χ3v) is 3.08. The first-order valence-electron chi connectivity index (χ1n) is 4.86. The van der Waals surface area contributed by atoms with Gasteiger partial charge < -0.3 is 4.42 Å².